The van der Waals surface area contributed by atoms with Crippen LogP contribution in [-0.2, 0) is 6.42 Å². The average molecular weight is 366 g/mol. The van der Waals surface area contributed by atoms with Gasteiger partial charge in [0.2, 0.25) is 5.75 Å². The molecule has 0 fully saturated rings. The Morgan fingerprint density at radius 1 is 1.26 bits per heavy atom. The van der Waals surface area contributed by atoms with Gasteiger partial charge in [-0.05, 0) is 18.1 Å². The number of aromatic nitrogens is 3. The summed E-state index contributed by atoms with van der Waals surface area (Å²) in [5, 5.41) is 12.6. The number of H-pyrrole nitrogens is 1. The third-order valence-electron chi connectivity index (χ3n) is 3.93. The van der Waals surface area contributed by atoms with Gasteiger partial charge in [0.1, 0.15) is 11.6 Å². The Hall–Kier alpha value is -3.68. The summed E-state index contributed by atoms with van der Waals surface area (Å²) in [4.78, 5) is 34.9. The summed E-state index contributed by atoms with van der Waals surface area (Å²) in [7, 11) is 1.54. The van der Waals surface area contributed by atoms with Gasteiger partial charge in [0.15, 0.2) is 5.69 Å². The van der Waals surface area contributed by atoms with E-state index in [1.165, 1.54) is 0 Å². The van der Waals surface area contributed by atoms with Crippen LogP contribution in [0.3, 0.4) is 0 Å². The van der Waals surface area contributed by atoms with E-state index >= 15 is 0 Å². The molecule has 0 aliphatic heterocycles. The van der Waals surface area contributed by atoms with Crippen LogP contribution < -0.4 is 15.6 Å². The van der Waals surface area contributed by atoms with Gasteiger partial charge in [0, 0.05) is 18.3 Å². The summed E-state index contributed by atoms with van der Waals surface area (Å²) in [5.74, 6) is -0.521. The number of ether oxygens (including phenoxy) is 1. The largest absolute Gasteiger partial charge is 0.501 e. The quantitative estimate of drug-likeness (QED) is 0.609. The molecule has 1 aromatic carbocycles. The molecule has 2 heterocycles. The number of hydrogen-bond acceptors (Lipinski definition) is 6. The third kappa shape index (κ3) is 4.12. The number of rotatable bonds is 6. The fourth-order valence-corrected chi connectivity index (χ4v) is 2.55. The van der Waals surface area contributed by atoms with Crippen molar-refractivity contribution in [3.05, 3.63) is 70.4 Å². The van der Waals surface area contributed by atoms with Crippen molar-refractivity contribution in [3.63, 3.8) is 0 Å². The van der Waals surface area contributed by atoms with E-state index in [9.17, 15) is 14.7 Å². The predicted molar refractivity (Wildman–Crippen MR) is 98.8 cm³/mol. The van der Waals surface area contributed by atoms with Crippen LogP contribution in [0.5, 0.6) is 11.5 Å². The minimum atomic E-state index is -0.773. The van der Waals surface area contributed by atoms with Crippen molar-refractivity contribution in [2.75, 3.05) is 13.7 Å². The molecule has 0 bridgehead atoms. The maximum absolute atomic E-state index is 12.4. The number of aromatic hydroxyl groups is 1. The Kier molecular flexibility index (Phi) is 5.46. The Morgan fingerprint density at radius 3 is 2.78 bits per heavy atom. The number of carbonyl (C=O) groups is 1. The van der Waals surface area contributed by atoms with Crippen molar-refractivity contribution in [3.8, 4) is 22.9 Å². The number of nitrogens with one attached hydrogen (secondary N) is 2. The van der Waals surface area contributed by atoms with Crippen LogP contribution in [0.15, 0.2) is 53.6 Å². The summed E-state index contributed by atoms with van der Waals surface area (Å²) >= 11 is 0. The number of methoxy groups -OCH3 is 1. The molecule has 0 aliphatic rings. The molecule has 138 valence electrons. The lowest BCUT2D eigenvalue weighted by molar-refractivity contribution is 0.0945. The highest BCUT2D eigenvalue weighted by Gasteiger charge is 2.18. The molecule has 1 amide bonds. The summed E-state index contributed by atoms with van der Waals surface area (Å²) in [6.07, 6.45) is 3.72. The first-order valence-corrected chi connectivity index (χ1v) is 8.24. The zero-order valence-corrected chi connectivity index (χ0v) is 14.6. The first-order chi connectivity index (χ1) is 13.1. The van der Waals surface area contributed by atoms with Crippen LogP contribution in [-0.4, -0.2) is 39.6 Å². The van der Waals surface area contributed by atoms with E-state index in [1.54, 1.807) is 49.8 Å². The normalized spacial score (nSPS) is 10.4. The van der Waals surface area contributed by atoms with Crippen molar-refractivity contribution in [2.45, 2.75) is 6.42 Å². The molecule has 0 saturated carbocycles. The maximum Gasteiger partial charge on any atom is 0.294 e. The van der Waals surface area contributed by atoms with Crippen LogP contribution in [0, 0.1) is 0 Å². The lowest BCUT2D eigenvalue weighted by Gasteiger charge is -2.09. The summed E-state index contributed by atoms with van der Waals surface area (Å²) in [5.41, 5.74) is 0.412. The van der Waals surface area contributed by atoms with Gasteiger partial charge in [-0.2, -0.15) is 0 Å². The van der Waals surface area contributed by atoms with E-state index in [0.29, 0.717) is 17.7 Å². The van der Waals surface area contributed by atoms with E-state index in [-0.39, 0.29) is 18.1 Å². The number of benzene rings is 1. The monoisotopic (exact) mass is 366 g/mol. The molecule has 27 heavy (non-hydrogen) atoms. The summed E-state index contributed by atoms with van der Waals surface area (Å²) < 4.78 is 5.21. The molecule has 3 N–H and O–H groups in total. The molecule has 8 heteroatoms. The summed E-state index contributed by atoms with van der Waals surface area (Å²) in [6.45, 7) is 0.272. The molecular formula is C19H18N4O4. The second-order valence-corrected chi connectivity index (χ2v) is 5.67. The van der Waals surface area contributed by atoms with Gasteiger partial charge in [0.25, 0.3) is 11.5 Å². The zero-order chi connectivity index (χ0) is 19.2. The molecule has 3 aromatic rings. The number of aromatic amines is 1. The Morgan fingerprint density at radius 2 is 2.04 bits per heavy atom. The fraction of sp³-hybridized carbons (Fsp3) is 0.158. The Balaban J connectivity index is 1.76. The predicted octanol–water partition coefficient (Wildman–Crippen LogP) is 1.52. The highest BCUT2D eigenvalue weighted by Crippen LogP contribution is 2.17. The van der Waals surface area contributed by atoms with Gasteiger partial charge in [-0.25, -0.2) is 4.98 Å². The van der Waals surface area contributed by atoms with Crippen molar-refractivity contribution >= 4 is 5.91 Å². The molecule has 8 nitrogen and oxygen atoms in total. The topological polar surface area (TPSA) is 117 Å². The Labute approximate surface area is 154 Å². The lowest BCUT2D eigenvalue weighted by atomic mass is 10.2. The second-order valence-electron chi connectivity index (χ2n) is 5.67. The van der Waals surface area contributed by atoms with Crippen LogP contribution in [0.2, 0.25) is 0 Å². The zero-order valence-electron chi connectivity index (χ0n) is 14.6. The molecule has 0 aliphatic carbocycles. The number of carbonyl (C=O) groups excluding carboxylic acids is 1. The van der Waals surface area contributed by atoms with E-state index < -0.39 is 17.2 Å². The molecule has 2 aromatic heterocycles. The molecule has 0 spiro atoms. The van der Waals surface area contributed by atoms with Gasteiger partial charge in [-0.1, -0.05) is 30.3 Å². The minimum Gasteiger partial charge on any atom is -0.501 e. The van der Waals surface area contributed by atoms with Gasteiger partial charge in [0.05, 0.1) is 13.3 Å². The maximum atomic E-state index is 12.4. The van der Waals surface area contributed by atoms with Gasteiger partial charge >= 0.3 is 0 Å². The van der Waals surface area contributed by atoms with Gasteiger partial charge in [-0.15, -0.1) is 0 Å². The minimum absolute atomic E-state index is 0.208. The number of nitrogens with zero attached hydrogens (tertiary/aromatic N) is 2. The number of pyridine rings is 1. The molecule has 3 rings (SSSR count). The van der Waals surface area contributed by atoms with E-state index in [2.05, 4.69) is 20.3 Å². The van der Waals surface area contributed by atoms with Crippen molar-refractivity contribution < 1.29 is 14.6 Å². The highest BCUT2D eigenvalue weighted by atomic mass is 16.5. The SMILES string of the molecule is COc1cnccc1CCNC(=O)c1nc(-c2ccccc2)[nH]c(=O)c1O. The molecular weight excluding hydrogens is 348 g/mol. The van der Waals surface area contributed by atoms with Crippen molar-refractivity contribution in [1.29, 1.82) is 0 Å². The molecule has 0 saturated heterocycles. The first kappa shape index (κ1) is 18.1. The Bertz CT molecular complexity index is 1000. The lowest BCUT2D eigenvalue weighted by Crippen LogP contribution is -2.28. The molecule has 0 unspecified atom stereocenters. The fourth-order valence-electron chi connectivity index (χ4n) is 2.55. The van der Waals surface area contributed by atoms with Gasteiger partial charge < -0.3 is 20.1 Å². The smallest absolute Gasteiger partial charge is 0.294 e. The highest BCUT2D eigenvalue weighted by molar-refractivity contribution is 5.95. The molecule has 0 atom stereocenters. The van der Waals surface area contributed by atoms with Crippen LogP contribution in [0.25, 0.3) is 11.4 Å². The van der Waals surface area contributed by atoms with Crippen molar-refractivity contribution in [1.82, 2.24) is 20.3 Å². The van der Waals surface area contributed by atoms with E-state index in [1.807, 2.05) is 6.07 Å². The van der Waals surface area contributed by atoms with E-state index in [0.717, 1.165) is 5.56 Å². The van der Waals surface area contributed by atoms with Gasteiger partial charge in [-0.3, -0.25) is 14.6 Å². The standard InChI is InChI=1S/C19H18N4O4/c1-27-14-11-20-9-7-12(14)8-10-21-18(25)15-16(24)19(26)23-17(22-15)13-5-3-2-4-6-13/h2-7,9,11,24H,8,10H2,1H3,(H,21,25)(H,22,23,26). The second kappa shape index (κ2) is 8.13. The number of amides is 1. The first-order valence-electron chi connectivity index (χ1n) is 8.24. The third-order valence-corrected chi connectivity index (χ3v) is 3.93. The summed E-state index contributed by atoms with van der Waals surface area (Å²) in [6, 6.07) is 10.7. The van der Waals surface area contributed by atoms with Crippen LogP contribution >= 0.6 is 0 Å². The van der Waals surface area contributed by atoms with Crippen LogP contribution in [0.1, 0.15) is 16.1 Å². The van der Waals surface area contributed by atoms with Crippen molar-refractivity contribution in [2.24, 2.45) is 0 Å². The average Bonchev–Trinajstić information content (AvgIpc) is 2.70. The number of hydrogen-bond donors (Lipinski definition) is 3. The molecule has 0 radical (unpaired) electrons. The van der Waals surface area contributed by atoms with E-state index in [4.69, 9.17) is 4.74 Å². The van der Waals surface area contributed by atoms with Crippen LogP contribution in [0.4, 0.5) is 0 Å².